The monoisotopic (exact) mass is 294 g/mol. The number of nitrogens with two attached hydrogens (primary N) is 1. The van der Waals surface area contributed by atoms with E-state index in [1.807, 2.05) is 38.1 Å². The molecule has 0 saturated carbocycles. The predicted octanol–water partition coefficient (Wildman–Crippen LogP) is 2.31. The number of carbonyl (C=O) groups excluding carboxylic acids is 1. The Morgan fingerprint density at radius 1 is 1.29 bits per heavy atom. The average Bonchev–Trinajstić information content (AvgIpc) is 2.47. The van der Waals surface area contributed by atoms with Gasteiger partial charge in [-0.2, -0.15) is 0 Å². The molecule has 1 rings (SSSR count). The van der Waals surface area contributed by atoms with Gasteiger partial charge < -0.3 is 20.5 Å². The Balaban J connectivity index is 2.26. The van der Waals surface area contributed by atoms with E-state index in [4.69, 9.17) is 15.2 Å². The van der Waals surface area contributed by atoms with E-state index >= 15 is 0 Å². The first-order valence-corrected chi connectivity index (χ1v) is 7.19. The largest absolute Gasteiger partial charge is 0.381 e. The molecule has 0 fully saturated rings. The van der Waals surface area contributed by atoms with E-state index in [1.165, 1.54) is 0 Å². The molecule has 1 aromatic carbocycles. The number of anilines is 1. The fraction of sp³-hybridized carbons (Fsp3) is 0.562. The number of rotatable bonds is 9. The third-order valence-corrected chi connectivity index (χ3v) is 3.39. The van der Waals surface area contributed by atoms with Crippen LogP contribution in [0.4, 0.5) is 5.69 Å². The van der Waals surface area contributed by atoms with Crippen LogP contribution in [0.25, 0.3) is 0 Å². The number of hydrogen-bond acceptors (Lipinski definition) is 4. The Bertz CT molecular complexity index is 447. The van der Waals surface area contributed by atoms with E-state index in [-0.39, 0.29) is 11.5 Å². The Labute approximate surface area is 126 Å². The fourth-order valence-corrected chi connectivity index (χ4v) is 1.72. The summed E-state index contributed by atoms with van der Waals surface area (Å²) in [6.07, 6.45) is 1.12. The molecule has 0 aliphatic rings. The Morgan fingerprint density at radius 2 is 2.00 bits per heavy atom. The van der Waals surface area contributed by atoms with Crippen LogP contribution >= 0.6 is 0 Å². The van der Waals surface area contributed by atoms with Crippen LogP contribution in [0.2, 0.25) is 0 Å². The minimum absolute atomic E-state index is 0.0677. The van der Waals surface area contributed by atoms with Gasteiger partial charge in [0.2, 0.25) is 5.91 Å². The summed E-state index contributed by atoms with van der Waals surface area (Å²) in [6.45, 7) is 5.39. The van der Waals surface area contributed by atoms with Gasteiger partial charge in [-0.3, -0.25) is 4.79 Å². The van der Waals surface area contributed by atoms with E-state index in [1.54, 1.807) is 7.11 Å². The molecule has 5 nitrogen and oxygen atoms in total. The van der Waals surface area contributed by atoms with Crippen LogP contribution in [0.1, 0.15) is 32.3 Å². The van der Waals surface area contributed by atoms with Crippen molar-refractivity contribution in [1.29, 1.82) is 0 Å². The third kappa shape index (κ3) is 6.71. The molecule has 1 aromatic rings. The summed E-state index contributed by atoms with van der Waals surface area (Å²) in [5.41, 5.74) is 7.13. The molecule has 0 saturated heterocycles. The lowest BCUT2D eigenvalue weighted by atomic mass is 10.1. The summed E-state index contributed by atoms with van der Waals surface area (Å²) >= 11 is 0. The van der Waals surface area contributed by atoms with E-state index in [2.05, 4.69) is 5.32 Å². The zero-order chi connectivity index (χ0) is 15.7. The number of methoxy groups -OCH3 is 1. The van der Waals surface area contributed by atoms with Gasteiger partial charge in [0, 0.05) is 25.9 Å². The third-order valence-electron chi connectivity index (χ3n) is 3.39. The van der Waals surface area contributed by atoms with Gasteiger partial charge in [-0.05, 0) is 31.9 Å². The number of para-hydroxylation sites is 1. The van der Waals surface area contributed by atoms with E-state index < -0.39 is 0 Å². The zero-order valence-corrected chi connectivity index (χ0v) is 13.1. The predicted molar refractivity (Wildman–Crippen MR) is 84.1 cm³/mol. The second-order valence-electron chi connectivity index (χ2n) is 5.49. The minimum atomic E-state index is -0.192. The maximum Gasteiger partial charge on any atom is 0.226 e. The van der Waals surface area contributed by atoms with Gasteiger partial charge in [0.1, 0.15) is 0 Å². The zero-order valence-electron chi connectivity index (χ0n) is 13.1. The Kier molecular flexibility index (Phi) is 7.36. The molecule has 0 atom stereocenters. The van der Waals surface area contributed by atoms with E-state index in [0.29, 0.717) is 26.2 Å². The molecule has 0 radical (unpaired) electrons. The first-order chi connectivity index (χ1) is 9.98. The summed E-state index contributed by atoms with van der Waals surface area (Å²) in [5, 5.41) is 2.86. The van der Waals surface area contributed by atoms with Crippen molar-refractivity contribution in [2.75, 3.05) is 25.6 Å². The Hall–Kier alpha value is -1.43. The second kappa shape index (κ2) is 8.77. The van der Waals surface area contributed by atoms with Gasteiger partial charge in [0.15, 0.2) is 0 Å². The summed E-state index contributed by atoms with van der Waals surface area (Å²) in [5.74, 6) is -0.0677. The second-order valence-corrected chi connectivity index (χ2v) is 5.49. The van der Waals surface area contributed by atoms with Crippen molar-refractivity contribution in [1.82, 2.24) is 0 Å². The maximum atomic E-state index is 11.8. The van der Waals surface area contributed by atoms with Crippen molar-refractivity contribution < 1.29 is 14.3 Å². The van der Waals surface area contributed by atoms with Gasteiger partial charge in [0.05, 0.1) is 18.6 Å². The molecule has 21 heavy (non-hydrogen) atoms. The minimum Gasteiger partial charge on any atom is -0.381 e. The van der Waals surface area contributed by atoms with Crippen molar-refractivity contribution >= 4 is 11.6 Å². The number of nitrogens with one attached hydrogen (secondary N) is 1. The summed E-state index contributed by atoms with van der Waals surface area (Å²) < 4.78 is 10.8. The Morgan fingerprint density at radius 3 is 2.67 bits per heavy atom. The maximum absolute atomic E-state index is 11.8. The number of carbonyl (C=O) groups is 1. The first kappa shape index (κ1) is 17.6. The molecule has 0 unspecified atom stereocenters. The number of benzene rings is 1. The van der Waals surface area contributed by atoms with Gasteiger partial charge in [-0.25, -0.2) is 0 Å². The van der Waals surface area contributed by atoms with E-state index in [9.17, 15) is 4.79 Å². The molecule has 0 spiro atoms. The lowest BCUT2D eigenvalue weighted by Gasteiger charge is -2.22. The molecular weight excluding hydrogens is 268 g/mol. The summed E-state index contributed by atoms with van der Waals surface area (Å²) in [4.78, 5) is 11.8. The standard InChI is InChI=1S/C16H26N2O3/c1-16(2,20-3)9-11-21-10-8-15(19)18-14-7-5-4-6-13(14)12-17/h4-7H,8-12,17H2,1-3H3,(H,18,19). The van der Waals surface area contributed by atoms with Gasteiger partial charge in [-0.1, -0.05) is 18.2 Å². The topological polar surface area (TPSA) is 73.6 Å². The highest BCUT2D eigenvalue weighted by Crippen LogP contribution is 2.14. The average molecular weight is 294 g/mol. The van der Waals surface area contributed by atoms with Gasteiger partial charge in [-0.15, -0.1) is 0 Å². The fourth-order valence-electron chi connectivity index (χ4n) is 1.72. The number of amides is 1. The molecule has 3 N–H and O–H groups in total. The van der Waals surface area contributed by atoms with Crippen LogP contribution in [0.15, 0.2) is 24.3 Å². The number of ether oxygens (including phenoxy) is 2. The van der Waals surface area contributed by atoms with Crippen molar-refractivity contribution in [2.24, 2.45) is 5.73 Å². The number of hydrogen-bond donors (Lipinski definition) is 2. The molecule has 118 valence electrons. The molecule has 1 amide bonds. The van der Waals surface area contributed by atoms with Crippen LogP contribution in [-0.4, -0.2) is 31.8 Å². The highest BCUT2D eigenvalue weighted by molar-refractivity contribution is 5.91. The molecule has 0 bridgehead atoms. The molecule has 0 aliphatic carbocycles. The highest BCUT2D eigenvalue weighted by atomic mass is 16.5. The van der Waals surface area contributed by atoms with Crippen LogP contribution in [0.3, 0.4) is 0 Å². The van der Waals surface area contributed by atoms with Crippen molar-refractivity contribution in [3.8, 4) is 0 Å². The van der Waals surface area contributed by atoms with Gasteiger partial charge in [0.25, 0.3) is 0 Å². The van der Waals surface area contributed by atoms with Gasteiger partial charge >= 0.3 is 0 Å². The smallest absolute Gasteiger partial charge is 0.226 e. The van der Waals surface area contributed by atoms with Crippen LogP contribution in [-0.2, 0) is 20.8 Å². The SMILES string of the molecule is COC(C)(C)CCOCCC(=O)Nc1ccccc1CN. The normalized spacial score (nSPS) is 11.4. The summed E-state index contributed by atoms with van der Waals surface area (Å²) in [7, 11) is 1.68. The quantitative estimate of drug-likeness (QED) is 0.685. The van der Waals surface area contributed by atoms with Crippen LogP contribution < -0.4 is 11.1 Å². The highest BCUT2D eigenvalue weighted by Gasteiger charge is 2.15. The summed E-state index contributed by atoms with van der Waals surface area (Å²) in [6, 6.07) is 7.53. The molecule has 0 aliphatic heterocycles. The van der Waals surface area contributed by atoms with Crippen LogP contribution in [0.5, 0.6) is 0 Å². The van der Waals surface area contributed by atoms with Crippen molar-refractivity contribution in [3.63, 3.8) is 0 Å². The van der Waals surface area contributed by atoms with Crippen molar-refractivity contribution in [2.45, 2.75) is 38.8 Å². The first-order valence-electron chi connectivity index (χ1n) is 7.19. The lowest BCUT2D eigenvalue weighted by molar-refractivity contribution is -0.117. The molecule has 5 heteroatoms. The molecular formula is C16H26N2O3. The van der Waals surface area contributed by atoms with Crippen molar-refractivity contribution in [3.05, 3.63) is 29.8 Å². The molecule has 0 heterocycles. The molecule has 0 aromatic heterocycles. The van der Waals surface area contributed by atoms with Crippen LogP contribution in [0, 0.1) is 0 Å². The van der Waals surface area contributed by atoms with E-state index in [0.717, 1.165) is 17.7 Å². The lowest BCUT2D eigenvalue weighted by Crippen LogP contribution is -2.25.